The molecule has 5 nitrogen and oxygen atoms in total. The predicted molar refractivity (Wildman–Crippen MR) is 75.8 cm³/mol. The largest absolute Gasteiger partial charge is 0.379 e. The molecule has 1 unspecified atom stereocenters. The Morgan fingerprint density at radius 2 is 2.06 bits per heavy atom. The van der Waals surface area contributed by atoms with Crippen molar-refractivity contribution >= 4 is 5.96 Å². The third kappa shape index (κ3) is 4.82. The summed E-state index contributed by atoms with van der Waals surface area (Å²) in [6.07, 6.45) is 1.04. The smallest absolute Gasteiger partial charge is 0.188 e. The fraction of sp³-hybridized carbons (Fsp3) is 0.923. The number of rotatable bonds is 5. The van der Waals surface area contributed by atoms with Crippen molar-refractivity contribution in [2.24, 2.45) is 10.7 Å². The van der Waals surface area contributed by atoms with Crippen LogP contribution in [0.2, 0.25) is 0 Å². The van der Waals surface area contributed by atoms with Crippen LogP contribution in [0.4, 0.5) is 0 Å². The van der Waals surface area contributed by atoms with Crippen LogP contribution < -0.4 is 11.1 Å². The molecule has 0 radical (unpaired) electrons. The summed E-state index contributed by atoms with van der Waals surface area (Å²) in [5.74, 6) is 0.547. The highest BCUT2D eigenvalue weighted by molar-refractivity contribution is 5.78. The Morgan fingerprint density at radius 3 is 2.61 bits per heavy atom. The molecule has 1 atom stereocenters. The molecule has 0 bridgehead atoms. The van der Waals surface area contributed by atoms with Crippen LogP contribution in [0.25, 0.3) is 0 Å². The summed E-state index contributed by atoms with van der Waals surface area (Å²) in [7, 11) is 0. The van der Waals surface area contributed by atoms with Crippen LogP contribution in [-0.2, 0) is 4.74 Å². The van der Waals surface area contributed by atoms with Gasteiger partial charge in [0.25, 0.3) is 0 Å². The van der Waals surface area contributed by atoms with Crippen LogP contribution >= 0.6 is 0 Å². The van der Waals surface area contributed by atoms with Crippen LogP contribution in [0.3, 0.4) is 0 Å². The van der Waals surface area contributed by atoms with Gasteiger partial charge >= 0.3 is 0 Å². The van der Waals surface area contributed by atoms with E-state index >= 15 is 0 Å². The highest BCUT2D eigenvalue weighted by Crippen LogP contribution is 2.16. The van der Waals surface area contributed by atoms with E-state index < -0.39 is 0 Å². The molecule has 1 rings (SSSR count). The van der Waals surface area contributed by atoms with Gasteiger partial charge in [0, 0.05) is 24.7 Å². The maximum absolute atomic E-state index is 5.88. The average Bonchev–Trinajstić information content (AvgIpc) is 2.37. The Morgan fingerprint density at radius 1 is 1.44 bits per heavy atom. The standard InChI is InChI=1S/C13H28N4O/c1-5-11(2)16-12(14)15-10-13(3,4)17-6-8-18-9-7-17/h11H,5-10H2,1-4H3,(H3,14,15,16). The van der Waals surface area contributed by atoms with Crippen molar-refractivity contribution in [1.82, 2.24) is 10.2 Å². The number of morpholine rings is 1. The maximum atomic E-state index is 5.88. The fourth-order valence-electron chi connectivity index (χ4n) is 1.95. The number of nitrogens with one attached hydrogen (secondary N) is 1. The third-order valence-corrected chi connectivity index (χ3v) is 3.51. The van der Waals surface area contributed by atoms with Gasteiger partial charge < -0.3 is 15.8 Å². The molecule has 1 aliphatic rings. The zero-order chi connectivity index (χ0) is 13.6. The molecule has 1 saturated heterocycles. The molecular formula is C13H28N4O. The van der Waals surface area contributed by atoms with E-state index in [1.54, 1.807) is 0 Å². The van der Waals surface area contributed by atoms with Crippen LogP contribution in [0.5, 0.6) is 0 Å². The molecule has 3 N–H and O–H groups in total. The first-order valence-electron chi connectivity index (χ1n) is 6.85. The van der Waals surface area contributed by atoms with Crippen LogP contribution in [0, 0.1) is 0 Å². The number of nitrogens with two attached hydrogens (primary N) is 1. The summed E-state index contributed by atoms with van der Waals surface area (Å²) in [4.78, 5) is 6.87. The SMILES string of the molecule is CCC(C)NC(N)=NCC(C)(C)N1CCOCC1. The van der Waals surface area contributed by atoms with Gasteiger partial charge in [0.05, 0.1) is 19.8 Å². The van der Waals surface area contributed by atoms with E-state index in [1.165, 1.54) is 0 Å². The summed E-state index contributed by atoms with van der Waals surface area (Å²) in [5.41, 5.74) is 5.92. The Hall–Kier alpha value is -0.810. The zero-order valence-corrected chi connectivity index (χ0v) is 12.2. The molecule has 0 amide bonds. The summed E-state index contributed by atoms with van der Waals surface area (Å²) >= 11 is 0. The molecule has 0 aromatic carbocycles. The quantitative estimate of drug-likeness (QED) is 0.564. The molecule has 0 spiro atoms. The van der Waals surface area contributed by atoms with Gasteiger partial charge in [0.2, 0.25) is 0 Å². The lowest BCUT2D eigenvalue weighted by atomic mass is 10.0. The van der Waals surface area contributed by atoms with Crippen LogP contribution in [0.15, 0.2) is 4.99 Å². The van der Waals surface area contributed by atoms with E-state index in [0.29, 0.717) is 18.5 Å². The summed E-state index contributed by atoms with van der Waals surface area (Å²) < 4.78 is 5.37. The lowest BCUT2D eigenvalue weighted by molar-refractivity contribution is -0.00682. The minimum atomic E-state index is 0.0333. The molecule has 1 fully saturated rings. The molecule has 18 heavy (non-hydrogen) atoms. The first kappa shape index (κ1) is 15.2. The lowest BCUT2D eigenvalue weighted by Gasteiger charge is -2.39. The van der Waals surface area contributed by atoms with Gasteiger partial charge in [-0.05, 0) is 27.2 Å². The number of ether oxygens (including phenoxy) is 1. The normalized spacial score (nSPS) is 20.8. The Balaban J connectivity index is 2.46. The lowest BCUT2D eigenvalue weighted by Crippen LogP contribution is -2.52. The van der Waals surface area contributed by atoms with Crippen molar-refractivity contribution in [2.45, 2.75) is 45.7 Å². The third-order valence-electron chi connectivity index (χ3n) is 3.51. The van der Waals surface area contributed by atoms with Crippen molar-refractivity contribution in [3.63, 3.8) is 0 Å². The van der Waals surface area contributed by atoms with Crippen molar-refractivity contribution in [1.29, 1.82) is 0 Å². The highest BCUT2D eigenvalue weighted by atomic mass is 16.5. The number of guanidine groups is 1. The number of hydrogen-bond donors (Lipinski definition) is 2. The molecule has 0 aromatic heterocycles. The Labute approximate surface area is 111 Å². The molecular weight excluding hydrogens is 228 g/mol. The van der Waals surface area contributed by atoms with Gasteiger partial charge in [-0.15, -0.1) is 0 Å². The first-order valence-corrected chi connectivity index (χ1v) is 6.85. The molecule has 0 saturated carbocycles. The number of hydrogen-bond acceptors (Lipinski definition) is 3. The van der Waals surface area contributed by atoms with E-state index in [0.717, 1.165) is 32.7 Å². The van der Waals surface area contributed by atoms with Gasteiger partial charge in [0.15, 0.2) is 5.96 Å². The minimum Gasteiger partial charge on any atom is -0.379 e. The molecule has 0 aliphatic carbocycles. The molecule has 1 heterocycles. The Kier molecular flexibility index (Phi) is 5.88. The van der Waals surface area contributed by atoms with E-state index in [2.05, 4.69) is 42.9 Å². The van der Waals surface area contributed by atoms with Gasteiger partial charge in [-0.1, -0.05) is 6.92 Å². The molecule has 5 heteroatoms. The van der Waals surface area contributed by atoms with E-state index in [-0.39, 0.29) is 5.54 Å². The summed E-state index contributed by atoms with van der Waals surface area (Å²) in [6.45, 7) is 12.9. The van der Waals surface area contributed by atoms with Crippen molar-refractivity contribution in [2.75, 3.05) is 32.8 Å². The second kappa shape index (κ2) is 6.95. The van der Waals surface area contributed by atoms with Crippen LogP contribution in [-0.4, -0.2) is 55.3 Å². The van der Waals surface area contributed by atoms with Crippen molar-refractivity contribution in [3.8, 4) is 0 Å². The first-order chi connectivity index (χ1) is 8.45. The van der Waals surface area contributed by atoms with Gasteiger partial charge in [-0.25, -0.2) is 0 Å². The molecule has 106 valence electrons. The zero-order valence-electron chi connectivity index (χ0n) is 12.2. The summed E-state index contributed by atoms with van der Waals surface area (Å²) in [5, 5.41) is 3.19. The monoisotopic (exact) mass is 256 g/mol. The van der Waals surface area contributed by atoms with E-state index in [9.17, 15) is 0 Å². The number of nitrogens with zero attached hydrogens (tertiary/aromatic N) is 2. The van der Waals surface area contributed by atoms with E-state index in [1.807, 2.05) is 0 Å². The van der Waals surface area contributed by atoms with Crippen LogP contribution in [0.1, 0.15) is 34.1 Å². The average molecular weight is 256 g/mol. The second-order valence-electron chi connectivity index (χ2n) is 5.57. The van der Waals surface area contributed by atoms with E-state index in [4.69, 9.17) is 10.5 Å². The van der Waals surface area contributed by atoms with Crippen molar-refractivity contribution in [3.05, 3.63) is 0 Å². The summed E-state index contributed by atoms with van der Waals surface area (Å²) in [6, 6.07) is 0.375. The van der Waals surface area contributed by atoms with Gasteiger partial charge in [0.1, 0.15) is 0 Å². The number of aliphatic imine (C=N–C) groups is 1. The van der Waals surface area contributed by atoms with Crippen molar-refractivity contribution < 1.29 is 4.74 Å². The Bertz CT molecular complexity index is 272. The fourth-order valence-corrected chi connectivity index (χ4v) is 1.95. The highest BCUT2D eigenvalue weighted by Gasteiger charge is 2.27. The van der Waals surface area contributed by atoms with Gasteiger partial charge in [-0.2, -0.15) is 0 Å². The molecule has 0 aromatic rings. The predicted octanol–water partition coefficient (Wildman–Crippen LogP) is 0.800. The molecule has 1 aliphatic heterocycles. The van der Waals surface area contributed by atoms with Gasteiger partial charge in [-0.3, -0.25) is 9.89 Å². The second-order valence-corrected chi connectivity index (χ2v) is 5.57. The maximum Gasteiger partial charge on any atom is 0.188 e. The minimum absolute atomic E-state index is 0.0333. The topological polar surface area (TPSA) is 62.9 Å².